The molecule has 0 saturated heterocycles. The second-order valence-corrected chi connectivity index (χ2v) is 4.41. The number of para-hydroxylation sites is 2. The van der Waals surface area contributed by atoms with Crippen LogP contribution < -0.4 is 10.6 Å². The number of nitrogen functional groups attached to an aromatic ring is 1. The summed E-state index contributed by atoms with van der Waals surface area (Å²) in [6.07, 6.45) is 1.74. The Labute approximate surface area is 112 Å². The van der Waals surface area contributed by atoms with Gasteiger partial charge in [-0.15, -0.1) is 0 Å². The lowest BCUT2D eigenvalue weighted by atomic mass is 10.2. The summed E-state index contributed by atoms with van der Waals surface area (Å²) in [5.74, 6) is -0.0778. The van der Waals surface area contributed by atoms with Crippen LogP contribution in [0.15, 0.2) is 30.5 Å². The van der Waals surface area contributed by atoms with Crippen molar-refractivity contribution in [3.05, 3.63) is 41.7 Å². The van der Waals surface area contributed by atoms with Gasteiger partial charge in [-0.2, -0.15) is 5.10 Å². The van der Waals surface area contributed by atoms with Crippen molar-refractivity contribution < 1.29 is 4.79 Å². The van der Waals surface area contributed by atoms with Crippen LogP contribution in [0.25, 0.3) is 0 Å². The van der Waals surface area contributed by atoms with E-state index in [0.717, 1.165) is 11.4 Å². The molecule has 0 aliphatic rings. The van der Waals surface area contributed by atoms with E-state index in [1.807, 2.05) is 32.0 Å². The van der Waals surface area contributed by atoms with Gasteiger partial charge in [0.05, 0.1) is 22.6 Å². The maximum absolute atomic E-state index is 12.6. The van der Waals surface area contributed by atoms with E-state index in [9.17, 15) is 4.79 Å². The van der Waals surface area contributed by atoms with Crippen molar-refractivity contribution >= 4 is 17.3 Å². The molecule has 0 saturated carbocycles. The third kappa shape index (κ3) is 2.45. The zero-order valence-electron chi connectivity index (χ0n) is 11.4. The summed E-state index contributed by atoms with van der Waals surface area (Å²) in [6, 6.07) is 7.37. The lowest BCUT2D eigenvalue weighted by Crippen LogP contribution is -2.31. The summed E-state index contributed by atoms with van der Waals surface area (Å²) < 4.78 is 1.64. The Morgan fingerprint density at radius 2 is 2.11 bits per heavy atom. The van der Waals surface area contributed by atoms with E-state index in [2.05, 4.69) is 5.10 Å². The molecule has 5 heteroatoms. The van der Waals surface area contributed by atoms with Gasteiger partial charge in [-0.3, -0.25) is 9.48 Å². The number of anilines is 2. The smallest absolute Gasteiger partial charge is 0.261 e. The van der Waals surface area contributed by atoms with Crippen LogP contribution >= 0.6 is 0 Å². The van der Waals surface area contributed by atoms with E-state index in [1.165, 1.54) is 0 Å². The molecule has 0 atom stereocenters. The topological polar surface area (TPSA) is 64.2 Å². The molecular formula is C14H18N4O. The number of aromatic nitrogens is 2. The highest BCUT2D eigenvalue weighted by Crippen LogP contribution is 2.24. The van der Waals surface area contributed by atoms with E-state index >= 15 is 0 Å². The molecule has 0 aliphatic carbocycles. The number of nitrogens with two attached hydrogens (primary N) is 1. The Bertz CT molecular complexity index is 603. The van der Waals surface area contributed by atoms with Crippen molar-refractivity contribution in [1.29, 1.82) is 0 Å². The van der Waals surface area contributed by atoms with Gasteiger partial charge >= 0.3 is 0 Å². The van der Waals surface area contributed by atoms with Crippen LogP contribution in [0.4, 0.5) is 11.4 Å². The van der Waals surface area contributed by atoms with E-state index in [1.54, 1.807) is 28.9 Å². The predicted molar refractivity (Wildman–Crippen MR) is 76.1 cm³/mol. The highest BCUT2D eigenvalue weighted by Gasteiger charge is 2.21. The Morgan fingerprint density at radius 3 is 2.63 bits per heavy atom. The van der Waals surface area contributed by atoms with Crippen molar-refractivity contribution in [1.82, 2.24) is 9.78 Å². The molecule has 0 radical (unpaired) electrons. The highest BCUT2D eigenvalue weighted by molar-refractivity contribution is 6.08. The maximum atomic E-state index is 12.6. The fourth-order valence-electron chi connectivity index (χ4n) is 2.11. The van der Waals surface area contributed by atoms with Crippen molar-refractivity contribution in [2.75, 3.05) is 17.2 Å². The molecule has 0 bridgehead atoms. The summed E-state index contributed by atoms with van der Waals surface area (Å²) in [4.78, 5) is 14.2. The van der Waals surface area contributed by atoms with Crippen LogP contribution in [0.2, 0.25) is 0 Å². The van der Waals surface area contributed by atoms with Crippen molar-refractivity contribution in [3.8, 4) is 0 Å². The zero-order chi connectivity index (χ0) is 14.0. The fraction of sp³-hybridized carbons (Fsp3) is 0.286. The normalized spacial score (nSPS) is 10.5. The van der Waals surface area contributed by atoms with Crippen LogP contribution in [0.1, 0.15) is 23.0 Å². The van der Waals surface area contributed by atoms with Gasteiger partial charge < -0.3 is 10.6 Å². The monoisotopic (exact) mass is 258 g/mol. The van der Waals surface area contributed by atoms with Gasteiger partial charge in [-0.05, 0) is 26.0 Å². The molecule has 5 nitrogen and oxygen atoms in total. The summed E-state index contributed by atoms with van der Waals surface area (Å²) in [7, 11) is 1.80. The molecule has 2 N–H and O–H groups in total. The van der Waals surface area contributed by atoms with Gasteiger partial charge in [0.1, 0.15) is 0 Å². The summed E-state index contributed by atoms with van der Waals surface area (Å²) in [6.45, 7) is 4.31. The minimum Gasteiger partial charge on any atom is -0.397 e. The molecule has 1 aromatic heterocycles. The highest BCUT2D eigenvalue weighted by atomic mass is 16.2. The lowest BCUT2D eigenvalue weighted by molar-refractivity contribution is 0.0988. The number of nitrogens with zero attached hydrogens (tertiary/aromatic N) is 3. The minimum atomic E-state index is -0.0778. The predicted octanol–water partition coefficient (Wildman–Crippen LogP) is 1.98. The van der Waals surface area contributed by atoms with Crippen LogP contribution in [-0.2, 0) is 7.05 Å². The number of hydrogen-bond donors (Lipinski definition) is 1. The van der Waals surface area contributed by atoms with E-state index in [-0.39, 0.29) is 5.91 Å². The van der Waals surface area contributed by atoms with Gasteiger partial charge in [-0.25, -0.2) is 0 Å². The molecule has 2 aromatic rings. The number of amides is 1. The molecule has 0 aliphatic heterocycles. The molecule has 0 fully saturated rings. The van der Waals surface area contributed by atoms with Crippen LogP contribution in [0.5, 0.6) is 0 Å². The average Bonchev–Trinajstić information content (AvgIpc) is 2.71. The summed E-state index contributed by atoms with van der Waals surface area (Å²) in [5, 5.41) is 4.20. The third-order valence-corrected chi connectivity index (χ3v) is 3.03. The lowest BCUT2D eigenvalue weighted by Gasteiger charge is -2.22. The Kier molecular flexibility index (Phi) is 3.55. The van der Waals surface area contributed by atoms with Gasteiger partial charge in [0.25, 0.3) is 5.91 Å². The number of carbonyl (C=O) groups is 1. The quantitative estimate of drug-likeness (QED) is 0.856. The Morgan fingerprint density at radius 1 is 1.42 bits per heavy atom. The average molecular weight is 258 g/mol. The maximum Gasteiger partial charge on any atom is 0.261 e. The van der Waals surface area contributed by atoms with Crippen molar-refractivity contribution in [3.63, 3.8) is 0 Å². The molecular weight excluding hydrogens is 240 g/mol. The first kappa shape index (κ1) is 13.1. The summed E-state index contributed by atoms with van der Waals surface area (Å²) in [5.41, 5.74) is 8.60. The first-order valence-electron chi connectivity index (χ1n) is 6.21. The van der Waals surface area contributed by atoms with Gasteiger partial charge in [0.15, 0.2) is 0 Å². The SMILES string of the molecule is CCN(C(=O)c1cn(C)nc1C)c1ccccc1N. The second kappa shape index (κ2) is 5.14. The first-order valence-corrected chi connectivity index (χ1v) is 6.21. The Hall–Kier alpha value is -2.30. The zero-order valence-corrected chi connectivity index (χ0v) is 11.4. The summed E-state index contributed by atoms with van der Waals surface area (Å²) >= 11 is 0. The van der Waals surface area contributed by atoms with Crippen LogP contribution in [0, 0.1) is 6.92 Å². The van der Waals surface area contributed by atoms with E-state index in [0.29, 0.717) is 17.8 Å². The molecule has 1 aromatic carbocycles. The molecule has 2 rings (SSSR count). The van der Waals surface area contributed by atoms with Crippen molar-refractivity contribution in [2.24, 2.45) is 7.05 Å². The van der Waals surface area contributed by atoms with Crippen molar-refractivity contribution in [2.45, 2.75) is 13.8 Å². The van der Waals surface area contributed by atoms with E-state index < -0.39 is 0 Å². The second-order valence-electron chi connectivity index (χ2n) is 4.41. The minimum absolute atomic E-state index is 0.0778. The number of carbonyl (C=O) groups excluding carboxylic acids is 1. The Balaban J connectivity index is 2.41. The standard InChI is InChI=1S/C14H18N4O/c1-4-18(13-8-6-5-7-12(13)15)14(19)11-9-17(3)16-10(11)2/h5-9H,4,15H2,1-3H3. The molecule has 0 spiro atoms. The van der Waals surface area contributed by atoms with Gasteiger partial charge in [0.2, 0.25) is 0 Å². The number of aryl methyl sites for hydroxylation is 2. The molecule has 100 valence electrons. The molecule has 19 heavy (non-hydrogen) atoms. The van der Waals surface area contributed by atoms with E-state index in [4.69, 9.17) is 5.73 Å². The van der Waals surface area contributed by atoms with Crippen LogP contribution in [-0.4, -0.2) is 22.2 Å². The van der Waals surface area contributed by atoms with Gasteiger partial charge in [-0.1, -0.05) is 12.1 Å². The van der Waals surface area contributed by atoms with Gasteiger partial charge in [0, 0.05) is 19.8 Å². The molecule has 1 heterocycles. The number of benzene rings is 1. The third-order valence-electron chi connectivity index (χ3n) is 3.03. The van der Waals surface area contributed by atoms with Crippen LogP contribution in [0.3, 0.4) is 0 Å². The first-order chi connectivity index (χ1) is 9.04. The number of hydrogen-bond acceptors (Lipinski definition) is 3. The molecule has 0 unspecified atom stereocenters. The fourth-order valence-corrected chi connectivity index (χ4v) is 2.11. The number of rotatable bonds is 3. The largest absolute Gasteiger partial charge is 0.397 e. The molecule has 1 amide bonds.